The van der Waals surface area contributed by atoms with Crippen molar-refractivity contribution >= 4 is 0 Å². The van der Waals surface area contributed by atoms with Gasteiger partial charge in [0.2, 0.25) is 0 Å². The summed E-state index contributed by atoms with van der Waals surface area (Å²) in [5.74, 6) is 1.13. The maximum absolute atomic E-state index is 6.19. The molecular formula is C18H25NO. The van der Waals surface area contributed by atoms with Gasteiger partial charge in [-0.05, 0) is 49.1 Å². The van der Waals surface area contributed by atoms with Crippen LogP contribution in [0.5, 0.6) is 5.75 Å². The van der Waals surface area contributed by atoms with Crippen LogP contribution in [0, 0.1) is 5.41 Å². The van der Waals surface area contributed by atoms with E-state index >= 15 is 0 Å². The molecule has 4 rings (SSSR count). The van der Waals surface area contributed by atoms with Gasteiger partial charge in [-0.1, -0.05) is 31.0 Å². The number of rotatable bonds is 5. The molecule has 0 spiro atoms. The molecule has 2 heteroatoms. The molecule has 1 heterocycles. The highest BCUT2D eigenvalue weighted by Gasteiger charge is 2.39. The van der Waals surface area contributed by atoms with Gasteiger partial charge in [0.05, 0.1) is 0 Å². The van der Waals surface area contributed by atoms with E-state index in [0.29, 0.717) is 11.5 Å². The van der Waals surface area contributed by atoms with Crippen LogP contribution >= 0.6 is 0 Å². The third-order valence-electron chi connectivity index (χ3n) is 5.38. The molecule has 2 aliphatic carbocycles. The normalized spacial score (nSPS) is 27.3. The monoisotopic (exact) mass is 271 g/mol. The maximum Gasteiger partial charge on any atom is 0.123 e. The summed E-state index contributed by atoms with van der Waals surface area (Å²) in [7, 11) is 0. The highest BCUT2D eigenvalue weighted by Crippen LogP contribution is 2.44. The quantitative estimate of drug-likeness (QED) is 0.882. The van der Waals surface area contributed by atoms with Crippen LogP contribution in [0.25, 0.3) is 0 Å². The fourth-order valence-corrected chi connectivity index (χ4v) is 4.08. The van der Waals surface area contributed by atoms with E-state index < -0.39 is 0 Å². The minimum absolute atomic E-state index is 0.409. The Labute approximate surface area is 121 Å². The Bertz CT molecular complexity index is 449. The third-order valence-corrected chi connectivity index (χ3v) is 5.38. The van der Waals surface area contributed by atoms with E-state index in [1.165, 1.54) is 57.1 Å². The molecule has 0 amide bonds. The van der Waals surface area contributed by atoms with Crippen LogP contribution in [0.15, 0.2) is 24.3 Å². The first kappa shape index (κ1) is 12.7. The number of nitrogens with one attached hydrogen (secondary N) is 1. The van der Waals surface area contributed by atoms with Gasteiger partial charge in [-0.15, -0.1) is 0 Å². The number of benzene rings is 1. The van der Waals surface area contributed by atoms with Crippen molar-refractivity contribution in [3.8, 4) is 5.75 Å². The second-order valence-electron chi connectivity index (χ2n) is 7.12. The van der Waals surface area contributed by atoms with Gasteiger partial charge in [0.15, 0.2) is 0 Å². The van der Waals surface area contributed by atoms with Crippen molar-refractivity contribution in [2.75, 3.05) is 6.54 Å². The zero-order valence-corrected chi connectivity index (χ0v) is 12.2. The van der Waals surface area contributed by atoms with E-state index in [1.807, 2.05) is 0 Å². The number of para-hydroxylation sites is 1. The molecule has 1 N–H and O–H groups in total. The van der Waals surface area contributed by atoms with E-state index in [2.05, 4.69) is 29.6 Å². The molecule has 2 saturated carbocycles. The molecule has 0 aromatic heterocycles. The minimum atomic E-state index is 0.409. The zero-order chi connectivity index (χ0) is 13.4. The fraction of sp³-hybridized carbons (Fsp3) is 0.667. The van der Waals surface area contributed by atoms with Gasteiger partial charge in [0.25, 0.3) is 0 Å². The van der Waals surface area contributed by atoms with E-state index in [0.717, 1.165) is 18.2 Å². The van der Waals surface area contributed by atoms with Crippen molar-refractivity contribution in [2.45, 2.75) is 63.5 Å². The topological polar surface area (TPSA) is 21.3 Å². The Hall–Kier alpha value is -1.02. The number of ether oxygens (including phenoxy) is 1. The Morgan fingerprint density at radius 1 is 1.15 bits per heavy atom. The summed E-state index contributed by atoms with van der Waals surface area (Å²) in [6, 6.07) is 9.39. The Morgan fingerprint density at radius 2 is 1.95 bits per heavy atom. The molecule has 1 aromatic carbocycles. The summed E-state index contributed by atoms with van der Waals surface area (Å²) in [5.41, 5.74) is 1.91. The van der Waals surface area contributed by atoms with Crippen molar-refractivity contribution in [3.05, 3.63) is 29.8 Å². The molecule has 3 aliphatic rings. The number of hydrogen-bond acceptors (Lipinski definition) is 2. The molecule has 0 saturated heterocycles. The van der Waals surface area contributed by atoms with Gasteiger partial charge in [0.1, 0.15) is 11.9 Å². The number of fused-ring (bicyclic) bond motifs is 1. The van der Waals surface area contributed by atoms with E-state index in [9.17, 15) is 0 Å². The van der Waals surface area contributed by atoms with E-state index in [1.54, 1.807) is 0 Å². The molecule has 1 aliphatic heterocycles. The summed E-state index contributed by atoms with van der Waals surface area (Å²) < 4.78 is 6.19. The predicted molar refractivity (Wildman–Crippen MR) is 81.1 cm³/mol. The summed E-state index contributed by atoms with van der Waals surface area (Å²) in [4.78, 5) is 0. The van der Waals surface area contributed by atoms with Crippen LogP contribution in [0.2, 0.25) is 0 Å². The second-order valence-corrected chi connectivity index (χ2v) is 7.12. The molecule has 2 nitrogen and oxygen atoms in total. The van der Waals surface area contributed by atoms with Crippen LogP contribution in [0.4, 0.5) is 0 Å². The van der Waals surface area contributed by atoms with Crippen LogP contribution in [-0.2, 0) is 6.42 Å². The highest BCUT2D eigenvalue weighted by molar-refractivity contribution is 5.37. The first-order valence-corrected chi connectivity index (χ1v) is 8.31. The molecule has 2 fully saturated rings. The lowest BCUT2D eigenvalue weighted by Crippen LogP contribution is -2.37. The fourth-order valence-electron chi connectivity index (χ4n) is 4.08. The van der Waals surface area contributed by atoms with Gasteiger partial charge < -0.3 is 10.1 Å². The predicted octanol–water partition coefficient (Wildman–Crippen LogP) is 3.69. The van der Waals surface area contributed by atoms with Crippen LogP contribution in [-0.4, -0.2) is 18.7 Å². The minimum Gasteiger partial charge on any atom is -0.490 e. The molecule has 0 bridgehead atoms. The van der Waals surface area contributed by atoms with Gasteiger partial charge in [-0.3, -0.25) is 0 Å². The molecule has 20 heavy (non-hydrogen) atoms. The van der Waals surface area contributed by atoms with Crippen LogP contribution in [0.3, 0.4) is 0 Å². The smallest absolute Gasteiger partial charge is 0.123 e. The molecule has 108 valence electrons. The first-order valence-electron chi connectivity index (χ1n) is 8.31. The molecular weight excluding hydrogens is 246 g/mol. The maximum atomic E-state index is 6.19. The van der Waals surface area contributed by atoms with Crippen molar-refractivity contribution in [1.29, 1.82) is 0 Å². The van der Waals surface area contributed by atoms with Crippen molar-refractivity contribution in [1.82, 2.24) is 5.32 Å². The Balaban J connectivity index is 1.41. The van der Waals surface area contributed by atoms with Crippen LogP contribution in [0.1, 0.15) is 50.5 Å². The lowest BCUT2D eigenvalue weighted by molar-refractivity contribution is 0.134. The van der Waals surface area contributed by atoms with Crippen LogP contribution < -0.4 is 10.1 Å². The van der Waals surface area contributed by atoms with Crippen molar-refractivity contribution in [2.24, 2.45) is 5.41 Å². The molecule has 1 aromatic rings. The third kappa shape index (κ3) is 2.58. The van der Waals surface area contributed by atoms with Crippen molar-refractivity contribution < 1.29 is 4.74 Å². The summed E-state index contributed by atoms with van der Waals surface area (Å²) in [6.07, 6.45) is 11.1. The van der Waals surface area contributed by atoms with Gasteiger partial charge >= 0.3 is 0 Å². The van der Waals surface area contributed by atoms with E-state index in [-0.39, 0.29) is 0 Å². The lowest BCUT2D eigenvalue weighted by atomic mass is 9.79. The van der Waals surface area contributed by atoms with Gasteiger partial charge in [-0.25, -0.2) is 0 Å². The van der Waals surface area contributed by atoms with Gasteiger partial charge in [0, 0.05) is 19.0 Å². The highest BCUT2D eigenvalue weighted by atomic mass is 16.5. The summed E-state index contributed by atoms with van der Waals surface area (Å²) in [6.45, 7) is 1.22. The first-order chi connectivity index (χ1) is 9.83. The lowest BCUT2D eigenvalue weighted by Gasteiger charge is -2.32. The molecule has 0 radical (unpaired) electrons. The Kier molecular flexibility index (Phi) is 3.22. The van der Waals surface area contributed by atoms with Gasteiger partial charge in [-0.2, -0.15) is 0 Å². The largest absolute Gasteiger partial charge is 0.490 e. The molecule has 1 atom stereocenters. The van der Waals surface area contributed by atoms with E-state index in [4.69, 9.17) is 4.74 Å². The summed E-state index contributed by atoms with van der Waals surface area (Å²) in [5, 5.41) is 3.78. The SMILES string of the molecule is c1ccc2c(c1)CC(CC1(CNC3CC3)CCCC1)O2. The summed E-state index contributed by atoms with van der Waals surface area (Å²) >= 11 is 0. The number of hydrogen-bond donors (Lipinski definition) is 1. The van der Waals surface area contributed by atoms with Crippen molar-refractivity contribution in [3.63, 3.8) is 0 Å². The molecule has 1 unspecified atom stereocenters. The standard InChI is InChI=1S/C18H25NO/c1-2-6-17-14(5-1)11-16(20-17)12-18(9-3-4-10-18)13-19-15-7-8-15/h1-2,5-6,15-16,19H,3-4,7-13H2. The average molecular weight is 271 g/mol. The average Bonchev–Trinajstić information content (AvgIpc) is 3.03. The second kappa shape index (κ2) is 5.07. The zero-order valence-electron chi connectivity index (χ0n) is 12.2. The Morgan fingerprint density at radius 3 is 2.70 bits per heavy atom.